The van der Waals surface area contributed by atoms with E-state index in [1.54, 1.807) is 0 Å². The summed E-state index contributed by atoms with van der Waals surface area (Å²) in [5, 5.41) is 0.557. The zero-order valence-electron chi connectivity index (χ0n) is 9.03. The molecule has 0 spiro atoms. The lowest BCUT2D eigenvalue weighted by Crippen LogP contribution is -2.48. The Hall–Kier alpha value is -0.220. The predicted molar refractivity (Wildman–Crippen MR) is 61.4 cm³/mol. The molecule has 0 aromatic heterocycles. The van der Waals surface area contributed by atoms with Crippen molar-refractivity contribution in [3.63, 3.8) is 0 Å². The van der Waals surface area contributed by atoms with Gasteiger partial charge in [-0.2, -0.15) is 11.8 Å². The SMILES string of the molecule is CCC[C@@H](N)C(=O)N1CCSC(C)C1. The molecule has 1 rings (SSSR count). The van der Waals surface area contributed by atoms with Gasteiger partial charge >= 0.3 is 0 Å². The molecule has 2 N–H and O–H groups in total. The number of amides is 1. The number of nitrogens with two attached hydrogens (primary N) is 1. The van der Waals surface area contributed by atoms with Crippen LogP contribution in [0.15, 0.2) is 0 Å². The van der Waals surface area contributed by atoms with Gasteiger partial charge in [0.2, 0.25) is 5.91 Å². The van der Waals surface area contributed by atoms with Crippen LogP contribution in [0, 0.1) is 0 Å². The van der Waals surface area contributed by atoms with Crippen molar-refractivity contribution in [1.82, 2.24) is 4.90 Å². The zero-order chi connectivity index (χ0) is 10.6. The van der Waals surface area contributed by atoms with Gasteiger partial charge in [-0.25, -0.2) is 0 Å². The van der Waals surface area contributed by atoms with Crippen molar-refractivity contribution >= 4 is 17.7 Å². The third-order valence-electron chi connectivity index (χ3n) is 2.47. The van der Waals surface area contributed by atoms with Crippen LogP contribution in [0.3, 0.4) is 0 Å². The van der Waals surface area contributed by atoms with E-state index < -0.39 is 0 Å². The molecule has 1 fully saturated rings. The summed E-state index contributed by atoms with van der Waals surface area (Å²) in [5.41, 5.74) is 5.81. The molecule has 0 aliphatic carbocycles. The lowest BCUT2D eigenvalue weighted by atomic mass is 10.1. The number of carbonyl (C=O) groups is 1. The molecule has 1 unspecified atom stereocenters. The van der Waals surface area contributed by atoms with E-state index in [0.717, 1.165) is 31.7 Å². The summed E-state index contributed by atoms with van der Waals surface area (Å²) in [7, 11) is 0. The normalized spacial score (nSPS) is 24.8. The summed E-state index contributed by atoms with van der Waals surface area (Å²) in [4.78, 5) is 13.7. The maximum Gasteiger partial charge on any atom is 0.239 e. The summed E-state index contributed by atoms with van der Waals surface area (Å²) >= 11 is 1.93. The Morgan fingerprint density at radius 2 is 2.43 bits per heavy atom. The molecule has 1 aliphatic rings. The quantitative estimate of drug-likeness (QED) is 0.768. The van der Waals surface area contributed by atoms with Crippen LogP contribution in [0.4, 0.5) is 0 Å². The third kappa shape index (κ3) is 3.17. The number of hydrogen-bond acceptors (Lipinski definition) is 3. The van der Waals surface area contributed by atoms with Crippen LogP contribution in [0.5, 0.6) is 0 Å². The van der Waals surface area contributed by atoms with Crippen LogP contribution >= 0.6 is 11.8 Å². The van der Waals surface area contributed by atoms with E-state index in [0.29, 0.717) is 5.25 Å². The van der Waals surface area contributed by atoms with Gasteiger partial charge < -0.3 is 10.6 Å². The van der Waals surface area contributed by atoms with Gasteiger partial charge in [0.05, 0.1) is 6.04 Å². The van der Waals surface area contributed by atoms with E-state index in [1.165, 1.54) is 0 Å². The fourth-order valence-corrected chi connectivity index (χ4v) is 2.70. The fourth-order valence-electron chi connectivity index (χ4n) is 1.69. The van der Waals surface area contributed by atoms with Crippen molar-refractivity contribution in [2.45, 2.75) is 38.0 Å². The highest BCUT2D eigenvalue weighted by atomic mass is 32.2. The standard InChI is InChI=1S/C10H20N2OS/c1-3-4-9(11)10(13)12-5-6-14-8(2)7-12/h8-9H,3-7,11H2,1-2H3/t8?,9-/m1/s1. The van der Waals surface area contributed by atoms with E-state index in [2.05, 4.69) is 13.8 Å². The Morgan fingerprint density at radius 3 is 3.00 bits per heavy atom. The first kappa shape index (κ1) is 11.9. The molecule has 0 aromatic carbocycles. The molecular weight excluding hydrogens is 196 g/mol. The van der Waals surface area contributed by atoms with Crippen LogP contribution < -0.4 is 5.73 Å². The molecule has 0 aromatic rings. The smallest absolute Gasteiger partial charge is 0.239 e. The van der Waals surface area contributed by atoms with E-state index in [9.17, 15) is 4.79 Å². The van der Waals surface area contributed by atoms with Gasteiger partial charge in [-0.05, 0) is 6.42 Å². The first-order valence-corrected chi connectivity index (χ1v) is 6.36. The molecule has 82 valence electrons. The number of thioether (sulfide) groups is 1. The topological polar surface area (TPSA) is 46.3 Å². The summed E-state index contributed by atoms with van der Waals surface area (Å²) in [6, 6.07) is -0.282. The van der Waals surface area contributed by atoms with Gasteiger partial charge in [-0.1, -0.05) is 20.3 Å². The largest absolute Gasteiger partial charge is 0.339 e. The van der Waals surface area contributed by atoms with E-state index >= 15 is 0 Å². The molecule has 0 radical (unpaired) electrons. The lowest BCUT2D eigenvalue weighted by Gasteiger charge is -2.32. The monoisotopic (exact) mass is 216 g/mol. The van der Waals surface area contributed by atoms with Crippen molar-refractivity contribution in [2.75, 3.05) is 18.8 Å². The van der Waals surface area contributed by atoms with Crippen LogP contribution in [0.1, 0.15) is 26.7 Å². The summed E-state index contributed by atoms with van der Waals surface area (Å²) in [6.45, 7) is 5.95. The Balaban J connectivity index is 2.42. The first-order valence-electron chi connectivity index (χ1n) is 5.31. The molecule has 1 aliphatic heterocycles. The molecule has 0 saturated carbocycles. The van der Waals surface area contributed by atoms with Gasteiger partial charge in [0.15, 0.2) is 0 Å². The predicted octanol–water partition coefficient (Wildman–Crippen LogP) is 1.08. The maximum atomic E-state index is 11.8. The molecule has 2 atom stereocenters. The summed E-state index contributed by atoms with van der Waals surface area (Å²) in [5.74, 6) is 1.19. The molecule has 0 bridgehead atoms. The minimum atomic E-state index is -0.282. The van der Waals surface area contributed by atoms with Crippen LogP contribution in [-0.2, 0) is 4.79 Å². The van der Waals surface area contributed by atoms with E-state index in [-0.39, 0.29) is 11.9 Å². The Morgan fingerprint density at radius 1 is 1.71 bits per heavy atom. The van der Waals surface area contributed by atoms with Gasteiger partial charge in [0, 0.05) is 24.1 Å². The number of carbonyl (C=O) groups excluding carboxylic acids is 1. The zero-order valence-corrected chi connectivity index (χ0v) is 9.85. The van der Waals surface area contributed by atoms with Crippen molar-refractivity contribution in [1.29, 1.82) is 0 Å². The van der Waals surface area contributed by atoms with E-state index in [1.807, 2.05) is 16.7 Å². The fraction of sp³-hybridized carbons (Fsp3) is 0.900. The second-order valence-corrected chi connectivity index (χ2v) is 5.41. The van der Waals surface area contributed by atoms with Gasteiger partial charge in [-0.15, -0.1) is 0 Å². The average Bonchev–Trinajstić information content (AvgIpc) is 2.17. The highest BCUT2D eigenvalue weighted by Gasteiger charge is 2.24. The van der Waals surface area contributed by atoms with Crippen LogP contribution in [-0.4, -0.2) is 40.9 Å². The highest BCUT2D eigenvalue weighted by molar-refractivity contribution is 7.99. The van der Waals surface area contributed by atoms with Gasteiger partial charge in [0.25, 0.3) is 0 Å². The molecule has 1 heterocycles. The maximum absolute atomic E-state index is 11.8. The molecule has 3 nitrogen and oxygen atoms in total. The molecule has 1 saturated heterocycles. The van der Waals surface area contributed by atoms with Gasteiger partial charge in [0.1, 0.15) is 0 Å². The van der Waals surface area contributed by atoms with Crippen LogP contribution in [0.25, 0.3) is 0 Å². The molecule has 1 amide bonds. The minimum Gasteiger partial charge on any atom is -0.339 e. The molecule has 14 heavy (non-hydrogen) atoms. The van der Waals surface area contributed by atoms with Crippen molar-refractivity contribution in [2.24, 2.45) is 5.73 Å². The average molecular weight is 216 g/mol. The van der Waals surface area contributed by atoms with Crippen molar-refractivity contribution in [3.8, 4) is 0 Å². The van der Waals surface area contributed by atoms with Crippen LogP contribution in [0.2, 0.25) is 0 Å². The minimum absolute atomic E-state index is 0.138. The van der Waals surface area contributed by atoms with Gasteiger partial charge in [-0.3, -0.25) is 4.79 Å². The third-order valence-corrected chi connectivity index (χ3v) is 3.61. The molecule has 4 heteroatoms. The number of hydrogen-bond donors (Lipinski definition) is 1. The highest BCUT2D eigenvalue weighted by Crippen LogP contribution is 2.18. The van der Waals surface area contributed by atoms with E-state index in [4.69, 9.17) is 5.73 Å². The molecular formula is C10H20N2OS. The van der Waals surface area contributed by atoms with Crippen molar-refractivity contribution in [3.05, 3.63) is 0 Å². The summed E-state index contributed by atoms with van der Waals surface area (Å²) in [6.07, 6.45) is 1.78. The Labute approximate surface area is 90.4 Å². The Kier molecular flexibility index (Phi) is 4.75. The Bertz CT molecular complexity index is 199. The first-order chi connectivity index (χ1) is 6.65. The second-order valence-electron chi connectivity index (χ2n) is 3.86. The summed E-state index contributed by atoms with van der Waals surface area (Å²) < 4.78 is 0. The van der Waals surface area contributed by atoms with Crippen molar-refractivity contribution < 1.29 is 4.79 Å². The number of nitrogens with zero attached hydrogens (tertiary/aromatic N) is 1. The lowest BCUT2D eigenvalue weighted by molar-refractivity contribution is -0.132. The second kappa shape index (κ2) is 5.61. The number of rotatable bonds is 3.